The van der Waals surface area contributed by atoms with E-state index in [4.69, 9.17) is 0 Å². The van der Waals surface area contributed by atoms with Crippen LogP contribution in [0.2, 0.25) is 0 Å². The van der Waals surface area contributed by atoms with Crippen LogP contribution >= 0.6 is 0 Å². The van der Waals surface area contributed by atoms with Crippen LogP contribution in [0.5, 0.6) is 0 Å². The number of hydrogen-bond donors (Lipinski definition) is 1. The van der Waals surface area contributed by atoms with Crippen LogP contribution in [0.15, 0.2) is 72.8 Å². The van der Waals surface area contributed by atoms with Gasteiger partial charge in [0.25, 0.3) is 5.69 Å². The Balaban J connectivity index is 1.60. The van der Waals surface area contributed by atoms with Crippen molar-refractivity contribution in [2.75, 3.05) is 11.9 Å². The Labute approximate surface area is 202 Å². The van der Waals surface area contributed by atoms with Crippen LogP contribution in [0, 0.1) is 23.0 Å². The lowest BCUT2D eigenvalue weighted by Gasteiger charge is -2.37. The molecule has 7 nitrogen and oxygen atoms in total. The zero-order chi connectivity index (χ0) is 24.3. The molecule has 0 radical (unpaired) electrons. The number of anilines is 1. The molecular formula is C28H25N3O4. The van der Waals surface area contributed by atoms with Gasteiger partial charge in [0.15, 0.2) is 5.78 Å². The van der Waals surface area contributed by atoms with Gasteiger partial charge in [-0.15, -0.1) is 0 Å². The zero-order valence-electron chi connectivity index (χ0n) is 19.3. The summed E-state index contributed by atoms with van der Waals surface area (Å²) in [6, 6.07) is 21.6. The lowest BCUT2D eigenvalue weighted by molar-refractivity contribution is -0.384. The van der Waals surface area contributed by atoms with Crippen molar-refractivity contribution in [2.24, 2.45) is 5.92 Å². The standard InChI is InChI=1S/C28H25N3O4/c1-17-9-14-22-21(16-17)28(27(33)29-22)25(26(32)19-6-3-2-4-7-19)24(23-8-5-15-30(23)28)18-10-12-20(13-11-18)31(34)35/h2-4,6-7,9-14,16,23-25H,5,8,15H2,1H3,(H,29,33)/t23?,24?,25?,28-/m1/s1. The van der Waals surface area contributed by atoms with Gasteiger partial charge in [-0.05, 0) is 37.9 Å². The highest BCUT2D eigenvalue weighted by molar-refractivity contribution is 6.12. The van der Waals surface area contributed by atoms with Gasteiger partial charge in [-0.3, -0.25) is 24.6 Å². The minimum atomic E-state index is -1.12. The van der Waals surface area contributed by atoms with Gasteiger partial charge in [0.2, 0.25) is 5.91 Å². The number of carbonyl (C=O) groups is 2. The molecule has 3 aliphatic rings. The molecule has 7 heteroatoms. The van der Waals surface area contributed by atoms with E-state index in [1.54, 1.807) is 24.3 Å². The summed E-state index contributed by atoms with van der Waals surface area (Å²) < 4.78 is 0. The number of Topliss-reactive ketones (excluding diaryl/α,β-unsaturated/α-hetero) is 1. The zero-order valence-corrected chi connectivity index (χ0v) is 19.3. The summed E-state index contributed by atoms with van der Waals surface area (Å²) in [7, 11) is 0. The molecule has 2 saturated heterocycles. The molecule has 3 aromatic carbocycles. The number of benzene rings is 3. The molecule has 0 saturated carbocycles. The maximum atomic E-state index is 14.3. The number of hydrogen-bond acceptors (Lipinski definition) is 5. The number of carbonyl (C=O) groups excluding carboxylic acids is 2. The molecule has 1 N–H and O–H groups in total. The average molecular weight is 468 g/mol. The number of aryl methyl sites for hydroxylation is 1. The van der Waals surface area contributed by atoms with E-state index in [0.29, 0.717) is 12.1 Å². The molecule has 4 atom stereocenters. The Hall–Kier alpha value is -3.84. The lowest BCUT2D eigenvalue weighted by atomic mass is 9.68. The number of fused-ring (bicyclic) bond motifs is 4. The van der Waals surface area contributed by atoms with Crippen LogP contribution < -0.4 is 5.32 Å². The molecule has 176 valence electrons. The molecule has 0 aromatic heterocycles. The third-order valence-corrected chi connectivity index (χ3v) is 7.99. The Bertz CT molecular complexity index is 1350. The number of rotatable bonds is 4. The molecular weight excluding hydrogens is 442 g/mol. The van der Waals surface area contributed by atoms with Gasteiger partial charge in [-0.1, -0.05) is 60.2 Å². The van der Waals surface area contributed by atoms with Gasteiger partial charge in [-0.2, -0.15) is 0 Å². The van der Waals surface area contributed by atoms with Crippen molar-refractivity contribution >= 4 is 23.1 Å². The van der Waals surface area contributed by atoms with Crippen molar-refractivity contribution in [1.29, 1.82) is 0 Å². The summed E-state index contributed by atoms with van der Waals surface area (Å²) in [5, 5.41) is 14.4. The van der Waals surface area contributed by atoms with E-state index >= 15 is 0 Å². The number of nitrogens with one attached hydrogen (secondary N) is 1. The van der Waals surface area contributed by atoms with Gasteiger partial charge in [0.05, 0.1) is 10.8 Å². The van der Waals surface area contributed by atoms with Crippen molar-refractivity contribution in [3.05, 3.63) is 105 Å². The molecule has 3 heterocycles. The molecule has 2 fully saturated rings. The van der Waals surface area contributed by atoms with E-state index in [1.165, 1.54) is 12.1 Å². The van der Waals surface area contributed by atoms with Crippen LogP contribution in [0.25, 0.3) is 0 Å². The number of nitrogens with zero attached hydrogens (tertiary/aromatic N) is 2. The maximum Gasteiger partial charge on any atom is 0.269 e. The van der Waals surface area contributed by atoms with Gasteiger partial charge >= 0.3 is 0 Å². The fourth-order valence-corrected chi connectivity index (χ4v) is 6.65. The van der Waals surface area contributed by atoms with E-state index < -0.39 is 16.4 Å². The number of non-ortho nitro benzene ring substituents is 1. The third kappa shape index (κ3) is 3.01. The van der Waals surface area contributed by atoms with Crippen LogP contribution in [-0.4, -0.2) is 34.1 Å². The summed E-state index contributed by atoms with van der Waals surface area (Å²) in [6.45, 7) is 2.71. The monoisotopic (exact) mass is 467 g/mol. The van der Waals surface area contributed by atoms with Gasteiger partial charge in [-0.25, -0.2) is 0 Å². The fourth-order valence-electron chi connectivity index (χ4n) is 6.65. The van der Waals surface area contributed by atoms with Gasteiger partial charge in [0.1, 0.15) is 5.54 Å². The second-order valence-electron chi connectivity index (χ2n) is 9.75. The average Bonchev–Trinajstić information content (AvgIpc) is 3.53. The third-order valence-electron chi connectivity index (χ3n) is 7.99. The summed E-state index contributed by atoms with van der Waals surface area (Å²) in [5.41, 5.74) is 2.94. The quantitative estimate of drug-likeness (QED) is 0.338. The van der Waals surface area contributed by atoms with E-state index in [-0.39, 0.29) is 29.3 Å². The van der Waals surface area contributed by atoms with Crippen LogP contribution in [-0.2, 0) is 10.3 Å². The summed E-state index contributed by atoms with van der Waals surface area (Å²) in [5.74, 6) is -1.18. The van der Waals surface area contributed by atoms with Crippen LogP contribution in [0.4, 0.5) is 11.4 Å². The topological polar surface area (TPSA) is 92.5 Å². The molecule has 1 spiro atoms. The van der Waals surface area contributed by atoms with Crippen LogP contribution in [0.1, 0.15) is 45.8 Å². The number of nitro benzene ring substituents is 1. The van der Waals surface area contributed by atoms with E-state index in [9.17, 15) is 19.7 Å². The number of amides is 1. The first-order chi connectivity index (χ1) is 16.9. The SMILES string of the molecule is Cc1ccc2c(c1)[C@]1(C(=O)N2)C(C(=O)c2ccccc2)C(c2ccc([N+](=O)[O-])cc2)C2CCCN21. The Morgan fingerprint density at radius 2 is 1.83 bits per heavy atom. The predicted octanol–water partition coefficient (Wildman–Crippen LogP) is 4.81. The number of ketones is 1. The fraction of sp³-hybridized carbons (Fsp3) is 0.286. The predicted molar refractivity (Wildman–Crippen MR) is 131 cm³/mol. The minimum absolute atomic E-state index is 0.00949. The Morgan fingerprint density at radius 3 is 2.54 bits per heavy atom. The van der Waals surface area contributed by atoms with Crippen molar-refractivity contribution < 1.29 is 14.5 Å². The second kappa shape index (κ2) is 7.85. The Kier molecular flexibility index (Phi) is 4.86. The first-order valence-electron chi connectivity index (χ1n) is 12.0. The first-order valence-corrected chi connectivity index (χ1v) is 12.0. The molecule has 0 aliphatic carbocycles. The van der Waals surface area contributed by atoms with Gasteiger partial charge < -0.3 is 5.32 Å². The molecule has 35 heavy (non-hydrogen) atoms. The molecule has 3 aliphatic heterocycles. The normalized spacial score (nSPS) is 27.0. The highest BCUT2D eigenvalue weighted by Gasteiger charge is 2.69. The van der Waals surface area contributed by atoms with Crippen molar-refractivity contribution in [2.45, 2.75) is 37.3 Å². The molecule has 6 rings (SSSR count). The summed E-state index contributed by atoms with van der Waals surface area (Å²) in [6.07, 6.45) is 1.78. The van der Waals surface area contributed by atoms with Crippen molar-refractivity contribution in [3.8, 4) is 0 Å². The molecule has 3 unspecified atom stereocenters. The maximum absolute atomic E-state index is 14.3. The highest BCUT2D eigenvalue weighted by Crippen LogP contribution is 2.61. The van der Waals surface area contributed by atoms with Gasteiger partial charge in [0, 0.05) is 40.9 Å². The van der Waals surface area contributed by atoms with Crippen LogP contribution in [0.3, 0.4) is 0 Å². The minimum Gasteiger partial charge on any atom is -0.324 e. The molecule has 1 amide bonds. The highest BCUT2D eigenvalue weighted by atomic mass is 16.6. The lowest BCUT2D eigenvalue weighted by Crippen LogP contribution is -2.52. The molecule has 0 bridgehead atoms. The summed E-state index contributed by atoms with van der Waals surface area (Å²) in [4.78, 5) is 41.4. The molecule has 3 aromatic rings. The second-order valence-corrected chi connectivity index (χ2v) is 9.75. The largest absolute Gasteiger partial charge is 0.324 e. The van der Waals surface area contributed by atoms with Crippen molar-refractivity contribution in [1.82, 2.24) is 4.90 Å². The summed E-state index contributed by atoms with van der Waals surface area (Å²) >= 11 is 0. The first kappa shape index (κ1) is 21.7. The van der Waals surface area contributed by atoms with Crippen molar-refractivity contribution in [3.63, 3.8) is 0 Å². The smallest absolute Gasteiger partial charge is 0.269 e. The Morgan fingerprint density at radius 1 is 1.09 bits per heavy atom. The van der Waals surface area contributed by atoms with E-state index in [1.807, 2.05) is 43.3 Å². The van der Waals surface area contributed by atoms with E-state index in [0.717, 1.165) is 35.2 Å². The van der Waals surface area contributed by atoms with E-state index in [2.05, 4.69) is 10.2 Å². The number of nitro groups is 1.